The van der Waals surface area contributed by atoms with Crippen LogP contribution in [0.4, 0.5) is 14.5 Å². The Morgan fingerprint density at radius 2 is 1.79 bits per heavy atom. The molecule has 3 aromatic carbocycles. The van der Waals surface area contributed by atoms with Crippen molar-refractivity contribution < 1.29 is 33.0 Å². The number of halogens is 2. The van der Waals surface area contributed by atoms with Gasteiger partial charge in [0.05, 0.1) is 23.8 Å². The number of hydrogen-bond donors (Lipinski definition) is 3. The molecule has 5 atom stereocenters. The number of rotatable bonds is 10. The van der Waals surface area contributed by atoms with Crippen molar-refractivity contribution in [1.82, 2.24) is 5.16 Å². The van der Waals surface area contributed by atoms with Gasteiger partial charge in [0.15, 0.2) is 0 Å². The summed E-state index contributed by atoms with van der Waals surface area (Å²) in [7, 11) is 0. The molecule has 7 rings (SSSR count). The van der Waals surface area contributed by atoms with Crippen LogP contribution in [0.25, 0.3) is 22.4 Å². The number of anilines is 1. The molecular formula is C34H32F2N2O5. The van der Waals surface area contributed by atoms with Crippen LogP contribution in [0.3, 0.4) is 0 Å². The zero-order valence-electron chi connectivity index (χ0n) is 23.4. The highest BCUT2D eigenvalue weighted by molar-refractivity contribution is 5.97. The molecule has 3 saturated carbocycles. The van der Waals surface area contributed by atoms with E-state index in [0.717, 1.165) is 37.7 Å². The number of carboxylic acid groups (broad SMARTS) is 1. The Morgan fingerprint density at radius 1 is 1.02 bits per heavy atom. The first-order valence-corrected chi connectivity index (χ1v) is 14.8. The van der Waals surface area contributed by atoms with Gasteiger partial charge in [-0.1, -0.05) is 41.6 Å². The third kappa shape index (κ3) is 5.21. The van der Waals surface area contributed by atoms with E-state index in [9.17, 15) is 23.8 Å². The van der Waals surface area contributed by atoms with Gasteiger partial charge >= 0.3 is 5.97 Å². The number of aliphatic hydroxyl groups excluding tert-OH is 1. The molecule has 3 fully saturated rings. The number of ether oxygens (including phenoxy) is 1. The Hall–Kier alpha value is -4.08. The van der Waals surface area contributed by atoms with Gasteiger partial charge in [-0.25, -0.2) is 13.6 Å². The smallest absolute Gasteiger partial charge is 0.336 e. The van der Waals surface area contributed by atoms with Crippen LogP contribution in [0, 0.1) is 29.4 Å². The lowest BCUT2D eigenvalue weighted by atomic mass is 9.94. The zero-order valence-corrected chi connectivity index (χ0v) is 23.4. The third-order valence-electron chi connectivity index (χ3n) is 9.34. The first-order chi connectivity index (χ1) is 20.9. The molecular weight excluding hydrogens is 554 g/mol. The molecule has 43 heavy (non-hydrogen) atoms. The van der Waals surface area contributed by atoms with E-state index in [0.29, 0.717) is 22.6 Å². The second-order valence-electron chi connectivity index (χ2n) is 11.9. The highest BCUT2D eigenvalue weighted by Gasteiger charge is 2.51. The lowest BCUT2D eigenvalue weighted by Gasteiger charge is -2.26. The van der Waals surface area contributed by atoms with Gasteiger partial charge in [0.1, 0.15) is 29.3 Å². The van der Waals surface area contributed by atoms with Crippen LogP contribution in [0.2, 0.25) is 0 Å². The van der Waals surface area contributed by atoms with Crippen molar-refractivity contribution in [1.29, 1.82) is 0 Å². The van der Waals surface area contributed by atoms with E-state index in [1.165, 1.54) is 18.2 Å². The molecule has 4 aromatic rings. The average molecular weight is 587 g/mol. The molecule has 222 valence electrons. The number of aromatic nitrogens is 1. The van der Waals surface area contributed by atoms with Gasteiger partial charge in [-0.15, -0.1) is 0 Å². The Morgan fingerprint density at radius 3 is 2.51 bits per heavy atom. The van der Waals surface area contributed by atoms with Gasteiger partial charge in [0.2, 0.25) is 0 Å². The standard InChI is InChI=1S/C34H32F2N2O5/c35-26-7-4-8-27(36)30(26)31-25(32(43-38-31)19-9-10-19)17-42-28-15-20-11-13-23(28)29(20)33(39)37-21-12-14-22(34(40)41)24(16-21)18-5-2-1-3-6-18/h1-8,12,14,16,19-20,23,28-29,33,37,39H,9-11,13,15,17H2,(H,40,41). The summed E-state index contributed by atoms with van der Waals surface area (Å²) in [5.41, 5.74) is 2.72. The lowest BCUT2D eigenvalue weighted by molar-refractivity contribution is -0.00625. The highest BCUT2D eigenvalue weighted by atomic mass is 19.1. The molecule has 7 nitrogen and oxygen atoms in total. The molecule has 3 N–H and O–H groups in total. The van der Waals surface area contributed by atoms with Crippen LogP contribution in [0.15, 0.2) is 71.3 Å². The molecule has 3 aliphatic carbocycles. The van der Waals surface area contributed by atoms with E-state index < -0.39 is 23.8 Å². The number of carbonyl (C=O) groups is 1. The van der Waals surface area contributed by atoms with Crippen LogP contribution >= 0.6 is 0 Å². The monoisotopic (exact) mass is 586 g/mol. The summed E-state index contributed by atoms with van der Waals surface area (Å²) >= 11 is 0. The normalized spacial score (nSPS) is 23.4. The minimum Gasteiger partial charge on any atom is -0.478 e. The first kappa shape index (κ1) is 27.7. The zero-order chi connectivity index (χ0) is 29.7. The van der Waals surface area contributed by atoms with Gasteiger partial charge < -0.3 is 24.8 Å². The number of fused-ring (bicyclic) bond motifs is 2. The van der Waals surface area contributed by atoms with Gasteiger partial charge in [0, 0.05) is 23.1 Å². The van der Waals surface area contributed by atoms with Gasteiger partial charge in [-0.2, -0.15) is 0 Å². The van der Waals surface area contributed by atoms with E-state index in [-0.39, 0.29) is 53.2 Å². The number of nitrogens with zero attached hydrogens (tertiary/aromatic N) is 1. The summed E-state index contributed by atoms with van der Waals surface area (Å²) in [6, 6.07) is 18.0. The van der Waals surface area contributed by atoms with Crippen molar-refractivity contribution in [3.8, 4) is 22.4 Å². The summed E-state index contributed by atoms with van der Waals surface area (Å²) in [5.74, 6) is -1.30. The Labute approximate surface area is 247 Å². The van der Waals surface area contributed by atoms with Crippen molar-refractivity contribution in [2.45, 2.75) is 57.0 Å². The van der Waals surface area contributed by atoms with Crippen LogP contribution < -0.4 is 5.32 Å². The van der Waals surface area contributed by atoms with E-state index in [2.05, 4.69) is 10.5 Å². The van der Waals surface area contributed by atoms with E-state index >= 15 is 0 Å². The molecule has 5 unspecified atom stereocenters. The van der Waals surface area contributed by atoms with Crippen molar-refractivity contribution in [2.75, 3.05) is 5.32 Å². The average Bonchev–Trinajstić information content (AvgIpc) is 3.49. The first-order valence-electron chi connectivity index (χ1n) is 14.8. The molecule has 0 radical (unpaired) electrons. The van der Waals surface area contributed by atoms with Gasteiger partial charge in [-0.05, 0) is 85.4 Å². The van der Waals surface area contributed by atoms with Gasteiger partial charge in [-0.3, -0.25) is 0 Å². The van der Waals surface area contributed by atoms with Gasteiger partial charge in [0.25, 0.3) is 0 Å². The second kappa shape index (κ2) is 11.2. The minimum atomic E-state index is -1.02. The fraction of sp³-hybridized carbons (Fsp3) is 0.353. The van der Waals surface area contributed by atoms with Crippen molar-refractivity contribution in [3.63, 3.8) is 0 Å². The molecule has 1 heterocycles. The molecule has 3 aliphatic rings. The maximum atomic E-state index is 14.7. The van der Waals surface area contributed by atoms with Crippen molar-refractivity contribution >= 4 is 11.7 Å². The topological polar surface area (TPSA) is 105 Å². The molecule has 9 heteroatoms. The summed E-state index contributed by atoms with van der Waals surface area (Å²) in [4.78, 5) is 11.9. The molecule has 0 amide bonds. The quantitative estimate of drug-likeness (QED) is 0.169. The Balaban J connectivity index is 1.08. The number of aromatic carboxylic acids is 1. The van der Waals surface area contributed by atoms with Crippen LogP contribution in [-0.4, -0.2) is 33.7 Å². The molecule has 1 aromatic heterocycles. The minimum absolute atomic E-state index is 0.0572. The van der Waals surface area contributed by atoms with Crippen LogP contribution in [0.5, 0.6) is 0 Å². The number of hydrogen-bond acceptors (Lipinski definition) is 6. The number of benzene rings is 3. The summed E-state index contributed by atoms with van der Waals surface area (Å²) < 4.78 is 41.4. The fourth-order valence-electron chi connectivity index (χ4n) is 7.19. The lowest BCUT2D eigenvalue weighted by Crippen LogP contribution is -2.33. The predicted molar refractivity (Wildman–Crippen MR) is 155 cm³/mol. The molecule has 0 saturated heterocycles. The molecule has 2 bridgehead atoms. The Kier molecular flexibility index (Phi) is 7.23. The van der Waals surface area contributed by atoms with E-state index in [1.54, 1.807) is 18.2 Å². The summed E-state index contributed by atoms with van der Waals surface area (Å²) in [6.07, 6.45) is 3.55. The largest absolute Gasteiger partial charge is 0.478 e. The maximum absolute atomic E-state index is 14.7. The highest BCUT2D eigenvalue weighted by Crippen LogP contribution is 2.53. The van der Waals surface area contributed by atoms with Crippen LogP contribution in [-0.2, 0) is 11.3 Å². The van der Waals surface area contributed by atoms with Crippen LogP contribution in [0.1, 0.15) is 59.7 Å². The van der Waals surface area contributed by atoms with E-state index in [4.69, 9.17) is 9.26 Å². The molecule has 0 spiro atoms. The second-order valence-corrected chi connectivity index (χ2v) is 11.9. The summed E-state index contributed by atoms with van der Waals surface area (Å²) in [5, 5.41) is 28.4. The molecule has 0 aliphatic heterocycles. The van der Waals surface area contributed by atoms with Crippen molar-refractivity contribution in [2.24, 2.45) is 17.8 Å². The number of carboxylic acids is 1. The Bertz CT molecular complexity index is 1630. The van der Waals surface area contributed by atoms with E-state index in [1.807, 2.05) is 30.3 Å². The third-order valence-corrected chi connectivity index (χ3v) is 9.34. The predicted octanol–water partition coefficient (Wildman–Crippen LogP) is 7.22. The number of nitrogens with one attached hydrogen (secondary N) is 1. The number of aliphatic hydroxyl groups is 1. The maximum Gasteiger partial charge on any atom is 0.336 e. The summed E-state index contributed by atoms with van der Waals surface area (Å²) in [6.45, 7) is 0.125. The fourth-order valence-corrected chi connectivity index (χ4v) is 7.19. The SMILES string of the molecule is O=C(O)c1ccc(NC(O)C2C3CCC2C(OCc2c(-c4c(F)cccc4F)noc2C2CC2)C3)cc1-c1ccccc1. The van der Waals surface area contributed by atoms with Crippen molar-refractivity contribution in [3.05, 3.63) is 95.3 Å².